The molecule has 0 spiro atoms. The van der Waals surface area contributed by atoms with Crippen molar-refractivity contribution in [3.05, 3.63) is 18.2 Å². The number of alkyl carbamates (subject to hydrolysis) is 1. The molecule has 1 aromatic carbocycles. The smallest absolute Gasteiger partial charge is 0.414 e. The molecule has 1 fully saturated rings. The number of methoxy groups -OCH3 is 1. The molecule has 10 nitrogen and oxygen atoms in total. The number of rotatable bonds is 4. The van der Waals surface area contributed by atoms with Gasteiger partial charge in [0.25, 0.3) is 0 Å². The molecular weight excluding hydrogens is 344 g/mol. The summed E-state index contributed by atoms with van der Waals surface area (Å²) in [6.07, 6.45) is -1.51. The lowest BCUT2D eigenvalue weighted by molar-refractivity contribution is 0.132. The van der Waals surface area contributed by atoms with E-state index in [1.165, 1.54) is 19.1 Å². The third kappa shape index (κ3) is 3.44. The molecule has 2 aliphatic heterocycles. The average Bonchev–Trinajstić information content (AvgIpc) is 3.02. The highest BCUT2D eigenvalue weighted by Gasteiger charge is 2.33. The van der Waals surface area contributed by atoms with Crippen LogP contribution in [0, 0.1) is 0 Å². The summed E-state index contributed by atoms with van der Waals surface area (Å²) in [5.74, 6) is 1.27. The molecule has 0 unspecified atom stereocenters. The third-order valence-corrected chi connectivity index (χ3v) is 4.09. The van der Waals surface area contributed by atoms with Gasteiger partial charge in [-0.1, -0.05) is 5.16 Å². The van der Waals surface area contributed by atoms with Gasteiger partial charge in [-0.15, -0.1) is 0 Å². The van der Waals surface area contributed by atoms with Crippen LogP contribution in [0.25, 0.3) is 0 Å². The number of amides is 2. The van der Waals surface area contributed by atoms with Crippen molar-refractivity contribution < 1.29 is 28.6 Å². The summed E-state index contributed by atoms with van der Waals surface area (Å²) in [7, 11) is 4.61. The second kappa shape index (κ2) is 7.38. The predicted molar refractivity (Wildman–Crippen MR) is 92.8 cm³/mol. The van der Waals surface area contributed by atoms with Gasteiger partial charge in [-0.2, -0.15) is 0 Å². The lowest BCUT2D eigenvalue weighted by Crippen LogP contribution is -2.36. The Morgan fingerprint density at radius 3 is 2.96 bits per heavy atom. The zero-order valence-electron chi connectivity index (χ0n) is 14.7. The van der Waals surface area contributed by atoms with Gasteiger partial charge in [-0.05, 0) is 12.1 Å². The van der Waals surface area contributed by atoms with Crippen LogP contribution in [0.2, 0.25) is 0 Å². The first kappa shape index (κ1) is 17.6. The molecule has 26 heavy (non-hydrogen) atoms. The van der Waals surface area contributed by atoms with E-state index in [9.17, 15) is 9.59 Å². The highest BCUT2D eigenvalue weighted by atomic mass is 16.6. The number of nitrogens with one attached hydrogen (secondary N) is 1. The number of cyclic esters (lactones) is 1. The average molecular weight is 364 g/mol. The second-order valence-corrected chi connectivity index (χ2v) is 5.68. The van der Waals surface area contributed by atoms with E-state index in [2.05, 4.69) is 15.2 Å². The number of fused-ring (bicyclic) bond motifs is 1. The lowest BCUT2D eigenvalue weighted by atomic mass is 10.2. The van der Waals surface area contributed by atoms with Gasteiger partial charge in [0.15, 0.2) is 5.84 Å². The maximum Gasteiger partial charge on any atom is 0.414 e. The number of ether oxygens (including phenoxy) is 3. The van der Waals surface area contributed by atoms with Crippen molar-refractivity contribution in [2.75, 3.05) is 50.8 Å². The summed E-state index contributed by atoms with van der Waals surface area (Å²) in [4.78, 5) is 31.4. The summed E-state index contributed by atoms with van der Waals surface area (Å²) in [5, 5.41) is 6.43. The van der Waals surface area contributed by atoms with Gasteiger partial charge in [-0.3, -0.25) is 4.90 Å². The first-order chi connectivity index (χ1) is 12.5. The van der Waals surface area contributed by atoms with E-state index < -0.39 is 18.3 Å². The van der Waals surface area contributed by atoms with Gasteiger partial charge in [0, 0.05) is 13.1 Å². The molecule has 2 amide bonds. The maximum atomic E-state index is 12.1. The summed E-state index contributed by atoms with van der Waals surface area (Å²) in [6.45, 7) is 0.751. The molecule has 0 bridgehead atoms. The number of nitrogens with zero attached hydrogens (tertiary/aromatic N) is 3. The summed E-state index contributed by atoms with van der Waals surface area (Å²) < 4.78 is 15.5. The van der Waals surface area contributed by atoms with E-state index in [0.717, 1.165) is 5.69 Å². The van der Waals surface area contributed by atoms with E-state index in [4.69, 9.17) is 14.3 Å². The normalized spacial score (nSPS) is 20.3. The number of carbonyl (C=O) groups excluding carboxylic acids is 2. The van der Waals surface area contributed by atoms with Crippen LogP contribution in [0.5, 0.6) is 5.75 Å². The van der Waals surface area contributed by atoms with Crippen LogP contribution in [-0.2, 0) is 14.3 Å². The van der Waals surface area contributed by atoms with E-state index in [0.29, 0.717) is 23.8 Å². The van der Waals surface area contributed by atoms with Crippen LogP contribution in [0.1, 0.15) is 0 Å². The SMILES string of the molecule is CO/N=C1\COc2cc(N3C[C@H](CNC(=O)OC)OC3=O)ccc2N1C. The zero-order chi connectivity index (χ0) is 18.7. The van der Waals surface area contributed by atoms with Gasteiger partial charge in [-0.25, -0.2) is 9.59 Å². The molecule has 1 atom stereocenters. The maximum absolute atomic E-state index is 12.1. The monoisotopic (exact) mass is 364 g/mol. The molecule has 1 N–H and O–H groups in total. The number of carbonyl (C=O) groups is 2. The van der Waals surface area contributed by atoms with Crippen molar-refractivity contribution in [2.24, 2.45) is 5.16 Å². The van der Waals surface area contributed by atoms with Crippen LogP contribution in [-0.4, -0.2) is 65.1 Å². The van der Waals surface area contributed by atoms with Crippen LogP contribution in [0.4, 0.5) is 21.0 Å². The third-order valence-electron chi connectivity index (χ3n) is 4.09. The number of oxime groups is 1. The zero-order valence-corrected chi connectivity index (χ0v) is 14.7. The van der Waals surface area contributed by atoms with Crippen LogP contribution >= 0.6 is 0 Å². The lowest BCUT2D eigenvalue weighted by Gasteiger charge is -2.29. The van der Waals surface area contributed by atoms with E-state index in [1.54, 1.807) is 12.1 Å². The molecule has 1 aromatic rings. The Bertz CT molecular complexity index is 737. The number of amidine groups is 1. The molecule has 0 radical (unpaired) electrons. The Morgan fingerprint density at radius 1 is 1.42 bits per heavy atom. The summed E-state index contributed by atoms with van der Waals surface area (Å²) in [5.41, 5.74) is 1.46. The fourth-order valence-corrected chi connectivity index (χ4v) is 2.74. The van der Waals surface area contributed by atoms with Gasteiger partial charge in [0.1, 0.15) is 25.6 Å². The Labute approximate surface area is 150 Å². The Morgan fingerprint density at radius 2 is 2.23 bits per heavy atom. The number of hydrogen-bond donors (Lipinski definition) is 1. The highest BCUT2D eigenvalue weighted by Crippen LogP contribution is 2.36. The van der Waals surface area contributed by atoms with Crippen LogP contribution in [0.15, 0.2) is 23.4 Å². The number of hydrogen-bond acceptors (Lipinski definition) is 7. The topological polar surface area (TPSA) is 102 Å². The largest absolute Gasteiger partial charge is 0.483 e. The molecule has 0 aromatic heterocycles. The number of likely N-dealkylation sites (N-methyl/N-ethyl adjacent to an activating group) is 1. The molecular formula is C16H20N4O6. The van der Waals surface area contributed by atoms with Crippen molar-refractivity contribution in [3.8, 4) is 5.75 Å². The summed E-state index contributed by atoms with van der Waals surface area (Å²) >= 11 is 0. The molecule has 3 rings (SSSR count). The Balaban J connectivity index is 1.72. The minimum Gasteiger partial charge on any atom is -0.483 e. The fourth-order valence-electron chi connectivity index (χ4n) is 2.74. The predicted octanol–water partition coefficient (Wildman–Crippen LogP) is 1.16. The fraction of sp³-hybridized carbons (Fsp3) is 0.438. The minimum atomic E-state index is -0.571. The quantitative estimate of drug-likeness (QED) is 0.800. The summed E-state index contributed by atoms with van der Waals surface area (Å²) in [6, 6.07) is 5.40. The minimum absolute atomic E-state index is 0.177. The molecule has 10 heteroatoms. The first-order valence-electron chi connectivity index (χ1n) is 7.94. The van der Waals surface area contributed by atoms with E-state index in [1.807, 2.05) is 18.0 Å². The van der Waals surface area contributed by atoms with Crippen LogP contribution in [0.3, 0.4) is 0 Å². The second-order valence-electron chi connectivity index (χ2n) is 5.68. The standard InChI is InChI=1S/C16H20N4O6/c1-19-12-5-4-10(6-13(12)25-9-14(19)18-24-3)20-8-11(26-16(20)22)7-17-15(21)23-2/h4-6,11H,7-9H2,1-3H3,(H,17,21)/b18-14+/t11-/m0/s1. The molecule has 0 saturated carbocycles. The van der Waals surface area contributed by atoms with E-state index >= 15 is 0 Å². The number of anilines is 2. The molecule has 140 valence electrons. The Kier molecular flexibility index (Phi) is 5.01. The number of benzene rings is 1. The van der Waals surface area contributed by atoms with Gasteiger partial charge < -0.3 is 29.3 Å². The van der Waals surface area contributed by atoms with Gasteiger partial charge >= 0.3 is 12.2 Å². The molecule has 2 heterocycles. The van der Waals surface area contributed by atoms with Gasteiger partial charge in [0.2, 0.25) is 0 Å². The molecule has 1 saturated heterocycles. The van der Waals surface area contributed by atoms with Crippen molar-refractivity contribution in [2.45, 2.75) is 6.10 Å². The van der Waals surface area contributed by atoms with E-state index in [-0.39, 0.29) is 13.2 Å². The van der Waals surface area contributed by atoms with Crippen molar-refractivity contribution in [1.82, 2.24) is 5.32 Å². The first-order valence-corrected chi connectivity index (χ1v) is 7.94. The van der Waals surface area contributed by atoms with Crippen molar-refractivity contribution >= 4 is 29.4 Å². The molecule has 2 aliphatic rings. The highest BCUT2D eigenvalue weighted by molar-refractivity contribution is 6.01. The van der Waals surface area contributed by atoms with Crippen LogP contribution < -0.4 is 19.9 Å². The molecule has 0 aliphatic carbocycles. The van der Waals surface area contributed by atoms with Crippen molar-refractivity contribution in [1.29, 1.82) is 0 Å². The Hall–Kier alpha value is -3.17. The van der Waals surface area contributed by atoms with Gasteiger partial charge in [0.05, 0.1) is 31.6 Å². The van der Waals surface area contributed by atoms with Crippen molar-refractivity contribution in [3.63, 3.8) is 0 Å².